The van der Waals surface area contributed by atoms with Crippen molar-refractivity contribution in [2.24, 2.45) is 0 Å². The van der Waals surface area contributed by atoms with Crippen LogP contribution >= 0.6 is 0 Å². The van der Waals surface area contributed by atoms with Crippen molar-refractivity contribution in [3.63, 3.8) is 0 Å². The average Bonchev–Trinajstić information content (AvgIpc) is 2.97. The first kappa shape index (κ1) is 29.1. The van der Waals surface area contributed by atoms with Gasteiger partial charge in [-0.15, -0.1) is 4.57 Å². The predicted molar refractivity (Wildman–Crippen MR) is 155 cm³/mol. The van der Waals surface area contributed by atoms with E-state index in [4.69, 9.17) is 4.74 Å². The molecule has 4 aromatic carbocycles. The van der Waals surface area contributed by atoms with Crippen LogP contribution in [-0.4, -0.2) is 20.3 Å². The first-order chi connectivity index (χ1) is 19.6. The highest BCUT2D eigenvalue weighted by Crippen LogP contribution is 2.27. The van der Waals surface area contributed by atoms with Gasteiger partial charge in [-0.1, -0.05) is 66.2 Å². The summed E-state index contributed by atoms with van der Waals surface area (Å²) in [6, 6.07) is 40.0. The van der Waals surface area contributed by atoms with Gasteiger partial charge >= 0.3 is 13.2 Å². The normalized spacial score (nSPS) is 10.8. The third-order valence-corrected chi connectivity index (χ3v) is 6.12. The molecule has 0 bridgehead atoms. The number of halogens is 4. The summed E-state index contributed by atoms with van der Waals surface area (Å²) in [4.78, 5) is 13.8. The van der Waals surface area contributed by atoms with Gasteiger partial charge in [-0.25, -0.2) is 0 Å². The Kier molecular flexibility index (Phi) is 9.19. The zero-order valence-electron chi connectivity index (χ0n) is 22.4. The Labute approximate surface area is 236 Å². The van der Waals surface area contributed by atoms with Gasteiger partial charge in [0.05, 0.1) is 7.11 Å². The Hall–Kier alpha value is -4.92. The molecule has 0 saturated carbocycles. The smallest absolute Gasteiger partial charge is 0.497 e. The summed E-state index contributed by atoms with van der Waals surface area (Å²) >= 11 is 0. The van der Waals surface area contributed by atoms with Gasteiger partial charge in [0.25, 0.3) is 5.69 Å². The Morgan fingerprint density at radius 2 is 1.24 bits per heavy atom. The molecule has 0 unspecified atom stereocenters. The number of ether oxygens (including phenoxy) is 1. The van der Waals surface area contributed by atoms with Gasteiger partial charge in [0, 0.05) is 35.5 Å². The number of hydrogen-bond acceptors (Lipinski definition) is 2. The fraction of sp³-hybridized carbons (Fsp3) is 0.0625. The van der Waals surface area contributed by atoms with Gasteiger partial charge in [0.2, 0.25) is 11.4 Å². The molecule has 41 heavy (non-hydrogen) atoms. The molecule has 1 heterocycles. The number of aryl methyl sites for hydroxylation is 1. The minimum absolute atomic E-state index is 0.198. The monoisotopic (exact) mass is 558 g/mol. The second-order valence-corrected chi connectivity index (χ2v) is 9.10. The number of aromatic nitrogens is 1. The maximum absolute atomic E-state index is 13.8. The minimum Gasteiger partial charge on any atom is -0.497 e. The van der Waals surface area contributed by atoms with E-state index in [9.17, 15) is 22.1 Å². The maximum atomic E-state index is 13.8. The van der Waals surface area contributed by atoms with Crippen LogP contribution in [0.3, 0.4) is 0 Å². The van der Waals surface area contributed by atoms with E-state index in [1.807, 2.05) is 83.4 Å². The van der Waals surface area contributed by atoms with Gasteiger partial charge in [0.15, 0.2) is 0 Å². The molecule has 0 fully saturated rings. The number of nitrogens with zero attached hydrogens (tertiary/aromatic N) is 1. The highest BCUT2D eigenvalue weighted by molar-refractivity contribution is 6.50. The van der Waals surface area contributed by atoms with Gasteiger partial charge in [-0.05, 0) is 54.4 Å². The van der Waals surface area contributed by atoms with Gasteiger partial charge < -0.3 is 27.3 Å². The molecular weight excluding hydrogens is 531 g/mol. The Balaban J connectivity index is 0.000000714. The van der Waals surface area contributed by atoms with Crippen molar-refractivity contribution in [1.29, 1.82) is 0 Å². The van der Waals surface area contributed by atoms with E-state index in [1.54, 1.807) is 7.11 Å². The van der Waals surface area contributed by atoms with Crippen molar-refractivity contribution in [1.82, 2.24) is 0 Å². The number of pyridine rings is 1. The number of rotatable bonds is 6. The number of nitrogens with one attached hydrogen (secondary N) is 1. The minimum atomic E-state index is -6.00. The van der Waals surface area contributed by atoms with Crippen molar-refractivity contribution < 1.29 is 31.4 Å². The lowest BCUT2D eigenvalue weighted by Crippen LogP contribution is -2.42. The summed E-state index contributed by atoms with van der Waals surface area (Å²) in [5.41, 5.74) is 7.28. The van der Waals surface area contributed by atoms with Crippen molar-refractivity contribution in [2.75, 3.05) is 12.4 Å². The zero-order valence-corrected chi connectivity index (χ0v) is 22.4. The summed E-state index contributed by atoms with van der Waals surface area (Å²) in [6.45, 7) is 2.06. The lowest BCUT2D eigenvalue weighted by Gasteiger charge is -2.13. The quantitative estimate of drug-likeness (QED) is 0.130. The van der Waals surface area contributed by atoms with E-state index in [0.29, 0.717) is 11.4 Å². The molecule has 0 aliphatic carbocycles. The molecule has 1 N–H and O–H groups in total. The Bertz CT molecular complexity index is 1590. The van der Waals surface area contributed by atoms with E-state index in [0.717, 1.165) is 39.4 Å². The van der Waals surface area contributed by atoms with E-state index in [1.165, 1.54) is 0 Å². The van der Waals surface area contributed by atoms with Crippen LogP contribution in [0.25, 0.3) is 28.1 Å². The largest absolute Gasteiger partial charge is 0.673 e. The summed E-state index contributed by atoms with van der Waals surface area (Å²) in [6.07, 6.45) is 0. The molecule has 5 rings (SSSR count). The van der Waals surface area contributed by atoms with E-state index in [-0.39, 0.29) is 5.91 Å². The van der Waals surface area contributed by atoms with Gasteiger partial charge in [-0.3, -0.25) is 4.79 Å². The lowest BCUT2D eigenvalue weighted by atomic mass is 10.0. The van der Waals surface area contributed by atoms with Crippen molar-refractivity contribution in [2.45, 2.75) is 6.92 Å². The highest BCUT2D eigenvalue weighted by Gasteiger charge is 2.28. The number of anilines is 1. The Morgan fingerprint density at radius 1 is 0.707 bits per heavy atom. The molecule has 1 aromatic heterocycles. The molecule has 208 valence electrons. The molecule has 9 heteroatoms. The molecule has 0 aliphatic rings. The molecule has 0 saturated heterocycles. The number of carbonyl (C=O) groups is 1. The summed E-state index contributed by atoms with van der Waals surface area (Å²) in [5, 5.41) is 3.07. The van der Waals surface area contributed by atoms with E-state index >= 15 is 0 Å². The van der Waals surface area contributed by atoms with Crippen LogP contribution in [0.4, 0.5) is 23.0 Å². The van der Waals surface area contributed by atoms with Crippen LogP contribution in [0.15, 0.2) is 121 Å². The van der Waals surface area contributed by atoms with Crippen LogP contribution < -0.4 is 14.6 Å². The number of hydrogen-bond donors (Lipinski definition) is 1. The molecule has 0 spiro atoms. The fourth-order valence-electron chi connectivity index (χ4n) is 4.22. The standard InChI is InChI=1S/C32H26N2O2.BF4/c1-23-13-17-28(18-14-23)34-30(25-11-7-4-8-12-25)21-26(24-9-5-3-6-10-24)22-31(34)32(35)33-27-15-19-29(36-2)20-16-27;2-1(3,4)5/h3-22H,1-2H3;/q;-1/p+1. The van der Waals surface area contributed by atoms with Crippen LogP contribution in [0.5, 0.6) is 5.75 Å². The molecule has 0 radical (unpaired) electrons. The van der Waals surface area contributed by atoms with Crippen LogP contribution in [-0.2, 0) is 0 Å². The highest BCUT2D eigenvalue weighted by atomic mass is 19.5. The summed E-state index contributed by atoms with van der Waals surface area (Å²) in [7, 11) is -4.38. The van der Waals surface area contributed by atoms with Crippen molar-refractivity contribution in [3.05, 3.63) is 133 Å². The van der Waals surface area contributed by atoms with Crippen LogP contribution in [0, 0.1) is 6.92 Å². The zero-order chi connectivity index (χ0) is 29.4. The SMILES string of the molecule is COc1ccc(NC(=O)c2cc(-c3ccccc3)cc(-c3ccccc3)[n+]2-c2ccc(C)cc2)cc1.F[B-](F)(F)F. The van der Waals surface area contributed by atoms with Crippen LogP contribution in [0.1, 0.15) is 16.1 Å². The van der Waals surface area contributed by atoms with Crippen molar-refractivity contribution in [3.8, 4) is 33.8 Å². The van der Waals surface area contributed by atoms with Crippen LogP contribution in [0.2, 0.25) is 0 Å². The number of methoxy groups -OCH3 is 1. The van der Waals surface area contributed by atoms with E-state index in [2.05, 4.69) is 54.7 Å². The molecule has 4 nitrogen and oxygen atoms in total. The number of amides is 1. The molecule has 0 aliphatic heterocycles. The third kappa shape index (κ3) is 8.05. The second-order valence-electron chi connectivity index (χ2n) is 9.10. The second kappa shape index (κ2) is 13.0. The molecule has 0 atom stereocenters. The summed E-state index contributed by atoms with van der Waals surface area (Å²) < 4.78 is 46.3. The fourth-order valence-corrected chi connectivity index (χ4v) is 4.22. The average molecular weight is 558 g/mol. The number of benzene rings is 4. The predicted octanol–water partition coefficient (Wildman–Crippen LogP) is 8.17. The first-order valence-electron chi connectivity index (χ1n) is 12.7. The lowest BCUT2D eigenvalue weighted by molar-refractivity contribution is -0.586. The molecule has 1 amide bonds. The topological polar surface area (TPSA) is 42.2 Å². The van der Waals surface area contributed by atoms with Gasteiger partial charge in [0.1, 0.15) is 5.75 Å². The van der Waals surface area contributed by atoms with Crippen molar-refractivity contribution >= 4 is 18.8 Å². The first-order valence-corrected chi connectivity index (χ1v) is 12.7. The summed E-state index contributed by atoms with van der Waals surface area (Å²) in [5.74, 6) is 0.538. The Morgan fingerprint density at radius 3 is 1.78 bits per heavy atom. The van der Waals surface area contributed by atoms with Gasteiger partial charge in [-0.2, -0.15) is 0 Å². The maximum Gasteiger partial charge on any atom is 0.673 e. The number of carbonyl (C=O) groups excluding carboxylic acids is 1. The molecule has 5 aromatic rings. The molecular formula is C32H27BF4N2O2. The third-order valence-electron chi connectivity index (χ3n) is 6.12. The van der Waals surface area contributed by atoms with E-state index < -0.39 is 7.25 Å².